The van der Waals surface area contributed by atoms with E-state index in [0.29, 0.717) is 0 Å². The Bertz CT molecular complexity index is 1220. The monoisotopic (exact) mass is 417 g/mol. The van der Waals surface area contributed by atoms with E-state index in [1.807, 2.05) is 24.4 Å². The number of benzene rings is 2. The minimum atomic E-state index is -0.263. The van der Waals surface area contributed by atoms with Gasteiger partial charge in [0, 0.05) is 33.8 Å². The highest BCUT2D eigenvalue weighted by Gasteiger charge is 2.20. The van der Waals surface area contributed by atoms with Crippen molar-refractivity contribution in [1.29, 1.82) is 0 Å². The lowest BCUT2D eigenvalue weighted by Crippen LogP contribution is -2.12. The zero-order valence-electron chi connectivity index (χ0n) is 19.4. The Morgan fingerprint density at radius 3 is 2.39 bits per heavy atom. The highest BCUT2D eigenvalue weighted by atomic mass is 19.1. The second-order valence-corrected chi connectivity index (χ2v) is 10.7. The molecule has 0 fully saturated rings. The third kappa shape index (κ3) is 4.58. The Kier molecular flexibility index (Phi) is 5.28. The number of aromatic amines is 1. The Hall–Kier alpha value is -2.88. The summed E-state index contributed by atoms with van der Waals surface area (Å²) in [6.45, 7) is 13.2. The van der Waals surface area contributed by atoms with Gasteiger partial charge in [-0.15, -0.1) is 0 Å². The van der Waals surface area contributed by atoms with Crippen molar-refractivity contribution in [2.24, 2.45) is 5.41 Å². The van der Waals surface area contributed by atoms with Crippen molar-refractivity contribution in [3.05, 3.63) is 71.8 Å². The number of nitrogens with one attached hydrogen (secondary N) is 1. The maximum atomic E-state index is 14.7. The summed E-state index contributed by atoms with van der Waals surface area (Å²) in [4.78, 5) is 3.56. The van der Waals surface area contributed by atoms with Gasteiger partial charge >= 0.3 is 0 Å². The maximum Gasteiger partial charge on any atom is 0.126 e. The topological polar surface area (TPSA) is 33.6 Å². The number of aromatic nitrogens is 3. The van der Waals surface area contributed by atoms with Crippen molar-refractivity contribution in [3.63, 3.8) is 0 Å². The molecule has 0 saturated carbocycles. The fourth-order valence-corrected chi connectivity index (χ4v) is 3.92. The number of nitrogens with zero attached hydrogens (tertiary/aromatic N) is 2. The summed E-state index contributed by atoms with van der Waals surface area (Å²) in [7, 11) is 0. The molecule has 2 heterocycles. The fraction of sp³-hybridized carbons (Fsp3) is 0.370. The van der Waals surface area contributed by atoms with E-state index in [0.717, 1.165) is 41.0 Å². The van der Waals surface area contributed by atoms with Crippen LogP contribution in [0.15, 0.2) is 54.7 Å². The SMILES string of the molecule is CC(C)(C)CCc1c(-c2cc(F)cc(-n3ccc(C(C)(C)C)n3)c2)[nH]c2ccccc12. The first-order valence-electron chi connectivity index (χ1n) is 11.0. The molecule has 4 heteroatoms. The van der Waals surface area contributed by atoms with Crippen molar-refractivity contribution >= 4 is 10.9 Å². The zero-order valence-corrected chi connectivity index (χ0v) is 19.4. The molecule has 0 aliphatic rings. The summed E-state index contributed by atoms with van der Waals surface area (Å²) in [5.74, 6) is -0.263. The van der Waals surface area contributed by atoms with Crippen molar-refractivity contribution in [2.75, 3.05) is 0 Å². The molecule has 1 N–H and O–H groups in total. The van der Waals surface area contributed by atoms with Crippen LogP contribution in [-0.2, 0) is 11.8 Å². The van der Waals surface area contributed by atoms with Crippen molar-refractivity contribution < 1.29 is 4.39 Å². The van der Waals surface area contributed by atoms with E-state index in [1.54, 1.807) is 16.8 Å². The molecule has 0 aliphatic heterocycles. The van der Waals surface area contributed by atoms with Gasteiger partial charge in [-0.25, -0.2) is 9.07 Å². The van der Waals surface area contributed by atoms with Gasteiger partial charge in [-0.1, -0.05) is 59.7 Å². The Balaban J connectivity index is 1.82. The molecule has 0 bridgehead atoms. The summed E-state index contributed by atoms with van der Waals surface area (Å²) < 4.78 is 16.5. The van der Waals surface area contributed by atoms with E-state index < -0.39 is 0 Å². The van der Waals surface area contributed by atoms with E-state index in [4.69, 9.17) is 5.10 Å². The molecule has 0 aliphatic carbocycles. The van der Waals surface area contributed by atoms with Crippen LogP contribution in [0.4, 0.5) is 4.39 Å². The lowest BCUT2D eigenvalue weighted by molar-refractivity contribution is 0.379. The summed E-state index contributed by atoms with van der Waals surface area (Å²) >= 11 is 0. The van der Waals surface area contributed by atoms with Crippen LogP contribution >= 0.6 is 0 Å². The number of aryl methyl sites for hydroxylation is 1. The number of hydrogen-bond acceptors (Lipinski definition) is 1. The van der Waals surface area contributed by atoms with Crippen LogP contribution < -0.4 is 0 Å². The van der Waals surface area contributed by atoms with E-state index in [1.165, 1.54) is 10.9 Å². The van der Waals surface area contributed by atoms with Crippen molar-refractivity contribution in [3.8, 4) is 16.9 Å². The molecule has 31 heavy (non-hydrogen) atoms. The average Bonchev–Trinajstić information content (AvgIpc) is 3.30. The molecule has 162 valence electrons. The minimum Gasteiger partial charge on any atom is -0.354 e. The van der Waals surface area contributed by atoms with Crippen LogP contribution in [0.1, 0.15) is 59.2 Å². The van der Waals surface area contributed by atoms with Crippen LogP contribution in [0.5, 0.6) is 0 Å². The molecule has 0 atom stereocenters. The largest absolute Gasteiger partial charge is 0.354 e. The van der Waals surface area contributed by atoms with Crippen LogP contribution in [0.3, 0.4) is 0 Å². The highest BCUT2D eigenvalue weighted by molar-refractivity contribution is 5.91. The normalized spacial score (nSPS) is 12.6. The lowest BCUT2D eigenvalue weighted by atomic mass is 9.87. The summed E-state index contributed by atoms with van der Waals surface area (Å²) in [6, 6.07) is 15.5. The van der Waals surface area contributed by atoms with Gasteiger partial charge < -0.3 is 4.98 Å². The first-order valence-corrected chi connectivity index (χ1v) is 11.0. The van der Waals surface area contributed by atoms with E-state index >= 15 is 0 Å². The summed E-state index contributed by atoms with van der Waals surface area (Å²) in [6.07, 6.45) is 3.90. The molecule has 4 aromatic rings. The summed E-state index contributed by atoms with van der Waals surface area (Å²) in [5.41, 5.74) is 6.05. The predicted octanol–water partition coefficient (Wildman–Crippen LogP) is 7.44. The third-order valence-corrected chi connectivity index (χ3v) is 5.73. The molecular weight excluding hydrogens is 385 g/mol. The quantitative estimate of drug-likeness (QED) is 0.368. The van der Waals surface area contributed by atoms with Gasteiger partial charge in [-0.05, 0) is 54.2 Å². The lowest BCUT2D eigenvalue weighted by Gasteiger charge is -2.18. The molecule has 0 unspecified atom stereocenters. The van der Waals surface area contributed by atoms with Gasteiger partial charge in [-0.3, -0.25) is 0 Å². The Labute approximate surface area is 184 Å². The van der Waals surface area contributed by atoms with E-state index in [2.05, 4.69) is 64.7 Å². The molecule has 0 amide bonds. The summed E-state index contributed by atoms with van der Waals surface area (Å²) in [5, 5.41) is 5.91. The first-order chi connectivity index (χ1) is 14.5. The van der Waals surface area contributed by atoms with Crippen molar-refractivity contribution in [1.82, 2.24) is 14.8 Å². The standard InChI is InChI=1S/C27H32FN3/c1-26(2,3)13-11-22-21-9-7-8-10-23(21)29-25(22)18-15-19(28)17-20(16-18)31-14-12-24(30-31)27(4,5)6/h7-10,12,14-17,29H,11,13H2,1-6H3. The third-order valence-electron chi connectivity index (χ3n) is 5.73. The van der Waals surface area contributed by atoms with E-state index in [-0.39, 0.29) is 16.6 Å². The number of H-pyrrole nitrogens is 1. The van der Waals surface area contributed by atoms with Gasteiger partial charge in [0.05, 0.1) is 11.4 Å². The number of fused-ring (bicyclic) bond motifs is 1. The predicted molar refractivity (Wildman–Crippen MR) is 127 cm³/mol. The first kappa shape index (κ1) is 21.4. The molecule has 4 rings (SSSR count). The van der Waals surface area contributed by atoms with E-state index in [9.17, 15) is 4.39 Å². The van der Waals surface area contributed by atoms with Gasteiger partial charge in [0.2, 0.25) is 0 Å². The molecule has 2 aromatic carbocycles. The number of rotatable bonds is 4. The van der Waals surface area contributed by atoms with Gasteiger partial charge in [0.25, 0.3) is 0 Å². The zero-order chi connectivity index (χ0) is 22.4. The van der Waals surface area contributed by atoms with Crippen LogP contribution in [-0.4, -0.2) is 14.8 Å². The van der Waals surface area contributed by atoms with Crippen LogP contribution in [0.25, 0.3) is 27.8 Å². The van der Waals surface area contributed by atoms with Crippen LogP contribution in [0.2, 0.25) is 0 Å². The number of halogens is 1. The maximum absolute atomic E-state index is 14.7. The second-order valence-electron chi connectivity index (χ2n) is 10.7. The minimum absolute atomic E-state index is 0.0568. The highest BCUT2D eigenvalue weighted by Crippen LogP contribution is 2.35. The molecule has 0 spiro atoms. The van der Waals surface area contributed by atoms with Gasteiger partial charge in [-0.2, -0.15) is 5.10 Å². The van der Waals surface area contributed by atoms with Crippen LogP contribution in [0, 0.1) is 11.2 Å². The Morgan fingerprint density at radius 1 is 0.968 bits per heavy atom. The van der Waals surface area contributed by atoms with Crippen molar-refractivity contribution in [2.45, 2.75) is 59.8 Å². The number of para-hydroxylation sites is 1. The second kappa shape index (κ2) is 7.67. The molecule has 0 saturated heterocycles. The smallest absolute Gasteiger partial charge is 0.126 e. The molecule has 2 aromatic heterocycles. The average molecular weight is 418 g/mol. The Morgan fingerprint density at radius 2 is 1.71 bits per heavy atom. The number of hydrogen-bond donors (Lipinski definition) is 1. The fourth-order valence-electron chi connectivity index (χ4n) is 3.92. The van der Waals surface area contributed by atoms with Gasteiger partial charge in [0.1, 0.15) is 5.82 Å². The van der Waals surface area contributed by atoms with Gasteiger partial charge in [0.15, 0.2) is 0 Å². The molecule has 3 nitrogen and oxygen atoms in total. The molecule has 0 radical (unpaired) electrons. The molecular formula is C27H32FN3.